The summed E-state index contributed by atoms with van der Waals surface area (Å²) < 4.78 is 5.07. The largest absolute Gasteiger partial charge is 0.481 e. The third kappa shape index (κ3) is 3.67. The SMILES string of the molecule is COCCN(C(=O)NCC1(C(=O)O)CCC1)C(C)C1CC1. The van der Waals surface area contributed by atoms with Gasteiger partial charge in [-0.3, -0.25) is 4.79 Å². The van der Waals surface area contributed by atoms with E-state index in [0.717, 1.165) is 19.3 Å². The first kappa shape index (κ1) is 16.1. The Morgan fingerprint density at radius 2 is 2.10 bits per heavy atom. The minimum absolute atomic E-state index is 0.168. The number of rotatable bonds is 8. The van der Waals surface area contributed by atoms with Gasteiger partial charge in [0.15, 0.2) is 0 Å². The zero-order valence-electron chi connectivity index (χ0n) is 12.9. The second-order valence-corrected chi connectivity index (χ2v) is 6.36. The molecular weight excluding hydrogens is 272 g/mol. The van der Waals surface area contributed by atoms with E-state index >= 15 is 0 Å². The Morgan fingerprint density at radius 1 is 1.43 bits per heavy atom. The van der Waals surface area contributed by atoms with Gasteiger partial charge in [0.25, 0.3) is 0 Å². The average Bonchev–Trinajstić information content (AvgIpc) is 3.21. The lowest BCUT2D eigenvalue weighted by molar-refractivity contribution is -0.153. The normalized spacial score (nSPS) is 21.2. The lowest BCUT2D eigenvalue weighted by Crippen LogP contribution is -2.53. The number of carboxylic acids is 1. The first-order valence-electron chi connectivity index (χ1n) is 7.77. The van der Waals surface area contributed by atoms with Crippen molar-refractivity contribution in [2.45, 2.75) is 45.1 Å². The van der Waals surface area contributed by atoms with Gasteiger partial charge in [-0.25, -0.2) is 4.79 Å². The van der Waals surface area contributed by atoms with E-state index in [4.69, 9.17) is 4.74 Å². The van der Waals surface area contributed by atoms with Crippen molar-refractivity contribution >= 4 is 12.0 Å². The van der Waals surface area contributed by atoms with Gasteiger partial charge in [0.2, 0.25) is 0 Å². The Balaban J connectivity index is 1.89. The Bertz CT molecular complexity index is 391. The van der Waals surface area contributed by atoms with Gasteiger partial charge in [-0.1, -0.05) is 6.42 Å². The summed E-state index contributed by atoms with van der Waals surface area (Å²) in [5, 5.41) is 12.1. The third-order valence-corrected chi connectivity index (χ3v) is 4.94. The minimum Gasteiger partial charge on any atom is -0.481 e. The van der Waals surface area contributed by atoms with Crippen LogP contribution in [0.5, 0.6) is 0 Å². The average molecular weight is 298 g/mol. The van der Waals surface area contributed by atoms with Crippen LogP contribution < -0.4 is 5.32 Å². The number of amides is 2. The Kier molecular flexibility index (Phi) is 5.08. The quantitative estimate of drug-likeness (QED) is 0.715. The number of nitrogens with one attached hydrogen (secondary N) is 1. The molecule has 0 saturated heterocycles. The number of hydrogen-bond donors (Lipinski definition) is 2. The number of carbonyl (C=O) groups is 2. The van der Waals surface area contributed by atoms with Gasteiger partial charge in [0, 0.05) is 26.2 Å². The second-order valence-electron chi connectivity index (χ2n) is 6.36. The number of ether oxygens (including phenoxy) is 1. The molecule has 1 unspecified atom stereocenters. The van der Waals surface area contributed by atoms with Crippen LogP contribution >= 0.6 is 0 Å². The van der Waals surface area contributed by atoms with Crippen LogP contribution in [-0.2, 0) is 9.53 Å². The molecule has 0 aromatic rings. The molecule has 0 bridgehead atoms. The molecule has 0 aliphatic heterocycles. The number of nitrogens with zero attached hydrogens (tertiary/aromatic N) is 1. The zero-order valence-corrected chi connectivity index (χ0v) is 12.9. The first-order valence-corrected chi connectivity index (χ1v) is 7.77. The fourth-order valence-electron chi connectivity index (χ4n) is 2.93. The van der Waals surface area contributed by atoms with Crippen LogP contribution in [-0.4, -0.2) is 54.9 Å². The summed E-state index contributed by atoms with van der Waals surface area (Å²) in [6, 6.07) is 0.0151. The van der Waals surface area contributed by atoms with Crippen LogP contribution in [0.1, 0.15) is 39.0 Å². The van der Waals surface area contributed by atoms with Crippen LogP contribution in [0.15, 0.2) is 0 Å². The zero-order chi connectivity index (χ0) is 15.5. The number of methoxy groups -OCH3 is 1. The second kappa shape index (κ2) is 6.64. The fourth-order valence-corrected chi connectivity index (χ4v) is 2.93. The molecule has 6 nitrogen and oxygen atoms in total. The lowest BCUT2D eigenvalue weighted by atomic mass is 9.69. The molecule has 2 rings (SSSR count). The van der Waals surface area contributed by atoms with Crippen molar-refractivity contribution in [3.8, 4) is 0 Å². The Labute approximate surface area is 125 Å². The Hall–Kier alpha value is -1.30. The predicted octanol–water partition coefficient (Wildman–Crippen LogP) is 1.70. The number of urea groups is 1. The summed E-state index contributed by atoms with van der Waals surface area (Å²) in [5.74, 6) is -0.225. The number of carboxylic acid groups (broad SMARTS) is 1. The van der Waals surface area contributed by atoms with Crippen molar-refractivity contribution in [2.24, 2.45) is 11.3 Å². The predicted molar refractivity (Wildman–Crippen MR) is 78.1 cm³/mol. The summed E-state index contributed by atoms with van der Waals surface area (Å²) >= 11 is 0. The van der Waals surface area contributed by atoms with E-state index in [1.54, 1.807) is 12.0 Å². The van der Waals surface area contributed by atoms with Gasteiger partial charge in [0.1, 0.15) is 0 Å². The molecule has 21 heavy (non-hydrogen) atoms. The highest BCUT2D eigenvalue weighted by atomic mass is 16.5. The van der Waals surface area contributed by atoms with Crippen LogP contribution in [0.25, 0.3) is 0 Å². The molecule has 1 atom stereocenters. The van der Waals surface area contributed by atoms with Crippen molar-refractivity contribution in [1.29, 1.82) is 0 Å². The summed E-state index contributed by atoms with van der Waals surface area (Å²) in [6.45, 7) is 3.32. The van der Waals surface area contributed by atoms with E-state index in [1.165, 1.54) is 0 Å². The molecule has 0 radical (unpaired) electrons. The monoisotopic (exact) mass is 298 g/mol. The summed E-state index contributed by atoms with van der Waals surface area (Å²) in [6.07, 6.45) is 4.56. The smallest absolute Gasteiger partial charge is 0.317 e. The van der Waals surface area contributed by atoms with E-state index in [0.29, 0.717) is 31.9 Å². The van der Waals surface area contributed by atoms with Gasteiger partial charge in [-0.05, 0) is 38.5 Å². The summed E-state index contributed by atoms with van der Waals surface area (Å²) in [5.41, 5.74) is -0.745. The molecule has 6 heteroatoms. The lowest BCUT2D eigenvalue weighted by Gasteiger charge is -2.38. The summed E-state index contributed by atoms with van der Waals surface area (Å²) in [4.78, 5) is 25.5. The minimum atomic E-state index is -0.798. The van der Waals surface area contributed by atoms with Crippen LogP contribution in [0.2, 0.25) is 0 Å². The van der Waals surface area contributed by atoms with Crippen molar-refractivity contribution in [3.05, 3.63) is 0 Å². The number of aliphatic carboxylic acids is 1. The maximum atomic E-state index is 12.4. The molecule has 0 aromatic heterocycles. The molecule has 0 heterocycles. The highest BCUT2D eigenvalue weighted by Gasteiger charge is 2.45. The van der Waals surface area contributed by atoms with Crippen molar-refractivity contribution in [2.75, 3.05) is 26.8 Å². The van der Waals surface area contributed by atoms with Gasteiger partial charge in [-0.2, -0.15) is 0 Å². The summed E-state index contributed by atoms with van der Waals surface area (Å²) in [7, 11) is 1.62. The molecule has 2 aliphatic carbocycles. The molecule has 2 amide bonds. The Morgan fingerprint density at radius 3 is 2.52 bits per heavy atom. The van der Waals surface area contributed by atoms with Crippen LogP contribution in [0.4, 0.5) is 4.79 Å². The maximum Gasteiger partial charge on any atom is 0.317 e. The highest BCUT2D eigenvalue weighted by molar-refractivity contribution is 5.79. The molecule has 0 spiro atoms. The van der Waals surface area contributed by atoms with E-state index in [-0.39, 0.29) is 18.6 Å². The molecular formula is C15H26N2O4. The van der Waals surface area contributed by atoms with Crippen molar-refractivity contribution in [3.63, 3.8) is 0 Å². The fraction of sp³-hybridized carbons (Fsp3) is 0.867. The molecule has 2 aliphatic rings. The van der Waals surface area contributed by atoms with E-state index < -0.39 is 11.4 Å². The van der Waals surface area contributed by atoms with Gasteiger partial charge >= 0.3 is 12.0 Å². The van der Waals surface area contributed by atoms with Gasteiger partial charge < -0.3 is 20.1 Å². The molecule has 2 saturated carbocycles. The first-order chi connectivity index (χ1) is 10.00. The third-order valence-electron chi connectivity index (χ3n) is 4.94. The number of carbonyl (C=O) groups excluding carboxylic acids is 1. The molecule has 120 valence electrons. The number of hydrogen-bond acceptors (Lipinski definition) is 3. The molecule has 2 N–H and O–H groups in total. The van der Waals surface area contributed by atoms with E-state index in [2.05, 4.69) is 12.2 Å². The van der Waals surface area contributed by atoms with E-state index in [9.17, 15) is 14.7 Å². The maximum absolute atomic E-state index is 12.4. The van der Waals surface area contributed by atoms with Gasteiger partial charge in [-0.15, -0.1) is 0 Å². The standard InChI is InChI=1S/C15H26N2O4/c1-11(12-4-5-12)17(8-9-21-2)14(20)16-10-15(13(18)19)6-3-7-15/h11-12H,3-10H2,1-2H3,(H,16,20)(H,18,19). The van der Waals surface area contributed by atoms with Crippen LogP contribution in [0.3, 0.4) is 0 Å². The molecule has 2 fully saturated rings. The van der Waals surface area contributed by atoms with E-state index in [1.807, 2.05) is 0 Å². The van der Waals surface area contributed by atoms with Gasteiger partial charge in [0.05, 0.1) is 12.0 Å². The van der Waals surface area contributed by atoms with Crippen molar-refractivity contribution in [1.82, 2.24) is 10.2 Å². The van der Waals surface area contributed by atoms with Crippen molar-refractivity contribution < 1.29 is 19.4 Å². The topological polar surface area (TPSA) is 78.9 Å². The van der Waals surface area contributed by atoms with Crippen LogP contribution in [0, 0.1) is 11.3 Å². The molecule has 0 aromatic carbocycles. The highest BCUT2D eigenvalue weighted by Crippen LogP contribution is 2.40.